The summed E-state index contributed by atoms with van der Waals surface area (Å²) in [4.78, 5) is 0. The molecule has 0 aliphatic carbocycles. The van der Waals surface area contributed by atoms with Gasteiger partial charge >= 0.3 is 0 Å². The Bertz CT molecular complexity index is 366. The molecule has 0 fully saturated rings. The zero-order valence-corrected chi connectivity index (χ0v) is 11.6. The molecule has 0 saturated carbocycles. The van der Waals surface area contributed by atoms with Crippen molar-refractivity contribution in [1.29, 1.82) is 0 Å². The van der Waals surface area contributed by atoms with E-state index in [2.05, 4.69) is 48.5 Å². The second-order valence-electron chi connectivity index (χ2n) is 4.38. The number of nitrogens with zero attached hydrogens (tertiary/aromatic N) is 2. The molecule has 1 heterocycles. The lowest BCUT2D eigenvalue weighted by Crippen LogP contribution is -2.20. The Morgan fingerprint density at radius 2 is 2.18 bits per heavy atom. The normalized spacial score (nSPS) is 12.7. The minimum absolute atomic E-state index is 0.329. The summed E-state index contributed by atoms with van der Waals surface area (Å²) >= 11 is 0. The molecule has 0 amide bonds. The van der Waals surface area contributed by atoms with E-state index in [1.54, 1.807) is 0 Å². The highest BCUT2D eigenvalue weighted by Crippen LogP contribution is 2.22. The lowest BCUT2D eigenvalue weighted by atomic mass is 10.0. The highest BCUT2D eigenvalue weighted by Gasteiger charge is 2.16. The van der Waals surface area contributed by atoms with Crippen LogP contribution >= 0.6 is 0 Å². The first-order valence-electron chi connectivity index (χ1n) is 6.56. The van der Waals surface area contributed by atoms with Crippen molar-refractivity contribution in [3.63, 3.8) is 0 Å². The van der Waals surface area contributed by atoms with E-state index in [-0.39, 0.29) is 0 Å². The van der Waals surface area contributed by atoms with Crippen molar-refractivity contribution < 1.29 is 0 Å². The fourth-order valence-corrected chi connectivity index (χ4v) is 1.98. The molecular weight excluding hydrogens is 210 g/mol. The molecule has 0 saturated heterocycles. The predicted octanol–water partition coefficient (Wildman–Crippen LogP) is 3.08. The molecule has 1 atom stereocenters. The monoisotopic (exact) mass is 235 g/mol. The van der Waals surface area contributed by atoms with E-state index in [1.165, 1.54) is 17.0 Å². The van der Waals surface area contributed by atoms with Crippen LogP contribution in [0.15, 0.2) is 18.2 Å². The van der Waals surface area contributed by atoms with Crippen LogP contribution in [0.2, 0.25) is 0 Å². The molecule has 0 aliphatic rings. The smallest absolute Gasteiger partial charge is 0.0625 e. The van der Waals surface area contributed by atoms with Crippen molar-refractivity contribution in [3.8, 4) is 0 Å². The number of nitrogens with one attached hydrogen (secondary N) is 1. The summed E-state index contributed by atoms with van der Waals surface area (Å²) in [7, 11) is 2.01. The Morgan fingerprint density at radius 3 is 2.65 bits per heavy atom. The Labute approximate surface area is 105 Å². The Hall–Kier alpha value is -1.09. The van der Waals surface area contributed by atoms with Gasteiger partial charge in [-0.2, -0.15) is 5.10 Å². The zero-order valence-electron chi connectivity index (χ0n) is 11.6. The number of aromatic nitrogens is 2. The van der Waals surface area contributed by atoms with Gasteiger partial charge in [-0.25, -0.2) is 0 Å². The van der Waals surface area contributed by atoms with Gasteiger partial charge < -0.3 is 5.32 Å². The zero-order chi connectivity index (χ0) is 12.8. The summed E-state index contributed by atoms with van der Waals surface area (Å²) in [6.07, 6.45) is 3.02. The van der Waals surface area contributed by atoms with Gasteiger partial charge in [0.05, 0.1) is 17.4 Å². The van der Waals surface area contributed by atoms with Crippen molar-refractivity contribution in [2.45, 2.75) is 52.6 Å². The second-order valence-corrected chi connectivity index (χ2v) is 4.38. The molecule has 3 nitrogen and oxygen atoms in total. The van der Waals surface area contributed by atoms with Gasteiger partial charge in [-0.05, 0) is 39.3 Å². The molecule has 0 radical (unpaired) electrons. The van der Waals surface area contributed by atoms with Crippen molar-refractivity contribution in [1.82, 2.24) is 15.1 Å². The van der Waals surface area contributed by atoms with Crippen LogP contribution in [0.4, 0.5) is 0 Å². The minimum atomic E-state index is 0.329. The van der Waals surface area contributed by atoms with Crippen LogP contribution < -0.4 is 5.32 Å². The molecule has 0 aliphatic heterocycles. The first kappa shape index (κ1) is 14.0. The van der Waals surface area contributed by atoms with Crippen LogP contribution in [0, 0.1) is 0 Å². The van der Waals surface area contributed by atoms with Crippen molar-refractivity contribution in [2.75, 3.05) is 7.05 Å². The molecule has 0 aromatic carbocycles. The lowest BCUT2D eigenvalue weighted by molar-refractivity contribution is 0.508. The van der Waals surface area contributed by atoms with E-state index in [9.17, 15) is 0 Å². The minimum Gasteiger partial charge on any atom is -0.311 e. The maximum absolute atomic E-state index is 4.60. The fourth-order valence-electron chi connectivity index (χ4n) is 1.98. The quantitative estimate of drug-likeness (QED) is 0.736. The van der Waals surface area contributed by atoms with Crippen molar-refractivity contribution in [2.24, 2.45) is 0 Å². The van der Waals surface area contributed by atoms with E-state index in [1.807, 2.05) is 7.05 Å². The molecular formula is C14H25N3. The first-order chi connectivity index (χ1) is 8.15. The molecule has 1 aromatic heterocycles. The largest absolute Gasteiger partial charge is 0.311 e. The molecule has 1 N–H and O–H groups in total. The summed E-state index contributed by atoms with van der Waals surface area (Å²) in [6.45, 7) is 11.5. The van der Waals surface area contributed by atoms with Gasteiger partial charge in [0, 0.05) is 6.54 Å². The maximum Gasteiger partial charge on any atom is 0.0625 e. The van der Waals surface area contributed by atoms with Crippen LogP contribution in [0.5, 0.6) is 0 Å². The molecule has 1 aromatic rings. The first-order valence-corrected chi connectivity index (χ1v) is 6.56. The second kappa shape index (κ2) is 6.60. The van der Waals surface area contributed by atoms with Gasteiger partial charge in [-0.1, -0.05) is 26.0 Å². The molecule has 96 valence electrons. The highest BCUT2D eigenvalue weighted by atomic mass is 15.3. The van der Waals surface area contributed by atoms with Crippen molar-refractivity contribution in [3.05, 3.63) is 29.6 Å². The molecule has 1 unspecified atom stereocenters. The van der Waals surface area contributed by atoms with Crippen LogP contribution in [0.1, 0.15) is 51.0 Å². The summed E-state index contributed by atoms with van der Waals surface area (Å²) in [5.74, 6) is 0. The van der Waals surface area contributed by atoms with Gasteiger partial charge in [-0.15, -0.1) is 0 Å². The van der Waals surface area contributed by atoms with E-state index < -0.39 is 0 Å². The number of hydrogen-bond donors (Lipinski definition) is 1. The van der Waals surface area contributed by atoms with E-state index >= 15 is 0 Å². The van der Waals surface area contributed by atoms with Gasteiger partial charge in [0.25, 0.3) is 0 Å². The average molecular weight is 235 g/mol. The van der Waals surface area contributed by atoms with E-state index in [4.69, 9.17) is 0 Å². The average Bonchev–Trinajstić information content (AvgIpc) is 2.78. The van der Waals surface area contributed by atoms with Crippen LogP contribution in [0.25, 0.3) is 0 Å². The van der Waals surface area contributed by atoms with Gasteiger partial charge in [0.2, 0.25) is 0 Å². The molecule has 0 spiro atoms. The Balaban J connectivity index is 2.93. The standard InChI is InChI=1S/C14H25N3/c1-6-11(4)9-13(15-5)14-10-12(7-2)16-17(14)8-3/h10,13,15H,4,6-9H2,1-3,5H3. The number of hydrogen-bond acceptors (Lipinski definition) is 2. The van der Waals surface area contributed by atoms with E-state index in [0.29, 0.717) is 6.04 Å². The topological polar surface area (TPSA) is 29.9 Å². The maximum atomic E-state index is 4.60. The van der Waals surface area contributed by atoms with Gasteiger partial charge in [-0.3, -0.25) is 4.68 Å². The molecule has 3 heteroatoms. The SMILES string of the molecule is C=C(CC)CC(NC)c1cc(CC)nn1CC. The van der Waals surface area contributed by atoms with E-state index in [0.717, 1.165) is 25.8 Å². The van der Waals surface area contributed by atoms with Gasteiger partial charge in [0.1, 0.15) is 0 Å². The number of rotatable bonds is 7. The van der Waals surface area contributed by atoms with Crippen LogP contribution in [-0.4, -0.2) is 16.8 Å². The van der Waals surface area contributed by atoms with Crippen molar-refractivity contribution >= 4 is 0 Å². The molecule has 17 heavy (non-hydrogen) atoms. The summed E-state index contributed by atoms with van der Waals surface area (Å²) in [6, 6.07) is 2.54. The summed E-state index contributed by atoms with van der Waals surface area (Å²) in [5.41, 5.74) is 3.73. The third kappa shape index (κ3) is 3.43. The lowest BCUT2D eigenvalue weighted by Gasteiger charge is -2.18. The molecule has 1 rings (SSSR count). The fraction of sp³-hybridized carbons (Fsp3) is 0.643. The highest BCUT2D eigenvalue weighted by molar-refractivity contribution is 5.17. The van der Waals surface area contributed by atoms with Crippen LogP contribution in [-0.2, 0) is 13.0 Å². The summed E-state index contributed by atoms with van der Waals surface area (Å²) in [5, 5.41) is 7.97. The Morgan fingerprint density at radius 1 is 1.47 bits per heavy atom. The Kier molecular flexibility index (Phi) is 5.42. The molecule has 0 bridgehead atoms. The van der Waals surface area contributed by atoms with Crippen LogP contribution in [0.3, 0.4) is 0 Å². The number of aryl methyl sites for hydroxylation is 2. The third-order valence-electron chi connectivity index (χ3n) is 3.22. The third-order valence-corrected chi connectivity index (χ3v) is 3.22. The van der Waals surface area contributed by atoms with Gasteiger partial charge in [0.15, 0.2) is 0 Å². The predicted molar refractivity (Wildman–Crippen MR) is 73.1 cm³/mol. The summed E-state index contributed by atoms with van der Waals surface area (Å²) < 4.78 is 2.10.